The fourth-order valence-corrected chi connectivity index (χ4v) is 2.07. The van der Waals surface area contributed by atoms with Gasteiger partial charge in [0, 0.05) is 10.7 Å². The number of ether oxygens (including phenoxy) is 1. The molecule has 2 aromatic carbocycles. The Bertz CT molecular complexity index is 610. The van der Waals surface area contributed by atoms with Gasteiger partial charge in [-0.05, 0) is 55.3 Å². The zero-order valence-electron chi connectivity index (χ0n) is 12.1. The molecule has 0 aliphatic rings. The molecule has 21 heavy (non-hydrogen) atoms. The van der Waals surface area contributed by atoms with E-state index in [2.05, 4.69) is 5.32 Å². The predicted molar refractivity (Wildman–Crippen MR) is 86.0 cm³/mol. The van der Waals surface area contributed by atoms with Crippen molar-refractivity contribution in [3.63, 3.8) is 0 Å². The van der Waals surface area contributed by atoms with Gasteiger partial charge >= 0.3 is 0 Å². The molecule has 0 aromatic heterocycles. The number of rotatable bonds is 5. The molecule has 110 valence electrons. The van der Waals surface area contributed by atoms with Crippen molar-refractivity contribution in [3.05, 3.63) is 59.1 Å². The maximum absolute atomic E-state index is 12.3. The number of amides is 1. The number of anilines is 1. The first-order valence-corrected chi connectivity index (χ1v) is 7.26. The molecular weight excluding hydrogens is 286 g/mol. The van der Waals surface area contributed by atoms with E-state index in [1.807, 2.05) is 38.1 Å². The molecule has 0 aliphatic carbocycles. The molecule has 0 radical (unpaired) electrons. The number of aryl methyl sites for hydroxylation is 1. The minimum Gasteiger partial charge on any atom is -0.481 e. The van der Waals surface area contributed by atoms with Crippen LogP contribution in [-0.2, 0) is 4.79 Å². The van der Waals surface area contributed by atoms with Crippen molar-refractivity contribution >= 4 is 23.2 Å². The predicted octanol–water partition coefficient (Wildman–Crippen LogP) is 4.44. The molecule has 0 heterocycles. The molecule has 1 amide bonds. The molecule has 0 spiro atoms. The Morgan fingerprint density at radius 1 is 1.24 bits per heavy atom. The van der Waals surface area contributed by atoms with E-state index < -0.39 is 6.10 Å². The van der Waals surface area contributed by atoms with Crippen molar-refractivity contribution in [1.29, 1.82) is 0 Å². The lowest BCUT2D eigenvalue weighted by Gasteiger charge is -2.17. The molecule has 3 nitrogen and oxygen atoms in total. The first-order chi connectivity index (χ1) is 10.1. The maximum atomic E-state index is 12.3. The Morgan fingerprint density at radius 3 is 2.57 bits per heavy atom. The van der Waals surface area contributed by atoms with Crippen molar-refractivity contribution < 1.29 is 9.53 Å². The van der Waals surface area contributed by atoms with Gasteiger partial charge in [-0.15, -0.1) is 0 Å². The summed E-state index contributed by atoms with van der Waals surface area (Å²) in [6, 6.07) is 14.7. The molecule has 2 aromatic rings. The van der Waals surface area contributed by atoms with E-state index in [4.69, 9.17) is 16.3 Å². The largest absolute Gasteiger partial charge is 0.481 e. The maximum Gasteiger partial charge on any atom is 0.265 e. The number of hydrogen-bond donors (Lipinski definition) is 1. The first-order valence-electron chi connectivity index (χ1n) is 6.88. The highest BCUT2D eigenvalue weighted by atomic mass is 35.5. The van der Waals surface area contributed by atoms with E-state index in [0.717, 1.165) is 11.3 Å². The molecule has 0 saturated carbocycles. The fraction of sp³-hybridized carbons (Fsp3) is 0.235. The summed E-state index contributed by atoms with van der Waals surface area (Å²) in [6.07, 6.45) is 0.0481. The summed E-state index contributed by atoms with van der Waals surface area (Å²) in [7, 11) is 0. The highest BCUT2D eigenvalue weighted by Crippen LogP contribution is 2.18. The molecule has 1 N–H and O–H groups in total. The number of nitrogens with one attached hydrogen (secondary N) is 1. The summed E-state index contributed by atoms with van der Waals surface area (Å²) in [5.74, 6) is 0.476. The number of carbonyl (C=O) groups is 1. The fourth-order valence-electron chi connectivity index (χ4n) is 1.95. The van der Waals surface area contributed by atoms with E-state index in [-0.39, 0.29) is 5.91 Å². The second-order valence-electron chi connectivity index (χ2n) is 4.83. The number of hydrogen-bond acceptors (Lipinski definition) is 2. The molecule has 0 unspecified atom stereocenters. The number of carbonyl (C=O) groups excluding carboxylic acids is 1. The molecule has 1 atom stereocenters. The summed E-state index contributed by atoms with van der Waals surface area (Å²) in [6.45, 7) is 3.90. The SMILES string of the molecule is CC[C@H](Oc1ccc(Cl)cc1)C(=O)Nc1cccc(C)c1. The van der Waals surface area contributed by atoms with Crippen LogP contribution in [-0.4, -0.2) is 12.0 Å². The highest BCUT2D eigenvalue weighted by molar-refractivity contribution is 6.30. The molecule has 0 aliphatic heterocycles. The smallest absolute Gasteiger partial charge is 0.265 e. The van der Waals surface area contributed by atoms with Crippen molar-refractivity contribution in [2.75, 3.05) is 5.32 Å². The number of benzene rings is 2. The minimum atomic E-state index is -0.535. The van der Waals surface area contributed by atoms with Crippen LogP contribution in [0.4, 0.5) is 5.69 Å². The summed E-state index contributed by atoms with van der Waals surface area (Å²) < 4.78 is 5.71. The average Bonchev–Trinajstić information content (AvgIpc) is 2.46. The summed E-state index contributed by atoms with van der Waals surface area (Å²) in [4.78, 5) is 12.3. The second-order valence-corrected chi connectivity index (χ2v) is 5.26. The molecule has 2 rings (SSSR count). The van der Waals surface area contributed by atoms with Crippen molar-refractivity contribution in [2.24, 2.45) is 0 Å². The van der Waals surface area contributed by atoms with E-state index in [9.17, 15) is 4.79 Å². The Kier molecular flexibility index (Phi) is 5.23. The Hall–Kier alpha value is -2.00. The molecular formula is C17H18ClNO2. The number of halogens is 1. The Morgan fingerprint density at radius 2 is 1.95 bits per heavy atom. The minimum absolute atomic E-state index is 0.155. The Balaban J connectivity index is 2.03. The monoisotopic (exact) mass is 303 g/mol. The van der Waals surface area contributed by atoms with Crippen molar-refractivity contribution in [1.82, 2.24) is 0 Å². The lowest BCUT2D eigenvalue weighted by atomic mass is 10.2. The molecule has 0 bridgehead atoms. The third-order valence-electron chi connectivity index (χ3n) is 3.04. The second kappa shape index (κ2) is 7.14. The molecule has 4 heteroatoms. The van der Waals surface area contributed by atoms with Gasteiger partial charge in [0.2, 0.25) is 0 Å². The lowest BCUT2D eigenvalue weighted by molar-refractivity contribution is -0.122. The quantitative estimate of drug-likeness (QED) is 0.886. The van der Waals surface area contributed by atoms with E-state index in [1.54, 1.807) is 24.3 Å². The van der Waals surface area contributed by atoms with Gasteiger partial charge in [0.1, 0.15) is 5.75 Å². The van der Waals surface area contributed by atoms with Gasteiger partial charge in [-0.2, -0.15) is 0 Å². The van der Waals surface area contributed by atoms with Gasteiger partial charge < -0.3 is 10.1 Å². The van der Waals surface area contributed by atoms with Crippen LogP contribution < -0.4 is 10.1 Å². The highest BCUT2D eigenvalue weighted by Gasteiger charge is 2.18. The van der Waals surface area contributed by atoms with E-state index in [1.165, 1.54) is 0 Å². The molecule has 0 saturated heterocycles. The summed E-state index contributed by atoms with van der Waals surface area (Å²) >= 11 is 5.83. The third-order valence-corrected chi connectivity index (χ3v) is 3.29. The topological polar surface area (TPSA) is 38.3 Å². The van der Waals surface area contributed by atoms with Crippen LogP contribution >= 0.6 is 11.6 Å². The van der Waals surface area contributed by atoms with Crippen LogP contribution in [0.25, 0.3) is 0 Å². The van der Waals surface area contributed by atoms with E-state index in [0.29, 0.717) is 17.2 Å². The summed E-state index contributed by atoms with van der Waals surface area (Å²) in [5, 5.41) is 3.51. The van der Waals surface area contributed by atoms with Gasteiger partial charge in [-0.25, -0.2) is 0 Å². The van der Waals surface area contributed by atoms with Crippen molar-refractivity contribution in [3.8, 4) is 5.75 Å². The normalized spacial score (nSPS) is 11.8. The van der Waals surface area contributed by atoms with Crippen LogP contribution in [0, 0.1) is 6.92 Å². The lowest BCUT2D eigenvalue weighted by Crippen LogP contribution is -2.32. The van der Waals surface area contributed by atoms with E-state index >= 15 is 0 Å². The van der Waals surface area contributed by atoms with Gasteiger partial charge in [-0.1, -0.05) is 30.7 Å². The standard InChI is InChI=1S/C17H18ClNO2/c1-3-16(21-15-9-7-13(18)8-10-15)17(20)19-14-6-4-5-12(2)11-14/h4-11,16H,3H2,1-2H3,(H,19,20)/t16-/m0/s1. The van der Waals surface area contributed by atoms with Crippen molar-refractivity contribution in [2.45, 2.75) is 26.4 Å². The van der Waals surface area contributed by atoms with Gasteiger partial charge in [0.25, 0.3) is 5.91 Å². The Labute approximate surface area is 129 Å². The van der Waals surface area contributed by atoms with Crippen LogP contribution in [0.3, 0.4) is 0 Å². The average molecular weight is 304 g/mol. The first kappa shape index (κ1) is 15.4. The third kappa shape index (κ3) is 4.50. The van der Waals surface area contributed by atoms with Crippen LogP contribution in [0.5, 0.6) is 5.75 Å². The van der Waals surface area contributed by atoms with Crippen LogP contribution in [0.2, 0.25) is 5.02 Å². The zero-order chi connectivity index (χ0) is 15.2. The van der Waals surface area contributed by atoms with Crippen LogP contribution in [0.15, 0.2) is 48.5 Å². The molecule has 0 fully saturated rings. The zero-order valence-corrected chi connectivity index (χ0v) is 12.9. The van der Waals surface area contributed by atoms with Gasteiger partial charge in [0.15, 0.2) is 6.10 Å². The van der Waals surface area contributed by atoms with Gasteiger partial charge in [-0.3, -0.25) is 4.79 Å². The summed E-state index contributed by atoms with van der Waals surface area (Å²) in [5.41, 5.74) is 1.87. The van der Waals surface area contributed by atoms with Gasteiger partial charge in [0.05, 0.1) is 0 Å². The van der Waals surface area contributed by atoms with Crippen LogP contribution in [0.1, 0.15) is 18.9 Å².